The Labute approximate surface area is 205 Å². The van der Waals surface area contributed by atoms with Gasteiger partial charge in [-0.15, -0.1) is 0 Å². The van der Waals surface area contributed by atoms with E-state index in [4.69, 9.17) is 4.74 Å². The van der Waals surface area contributed by atoms with Crippen molar-refractivity contribution < 1.29 is 49.7 Å². The molecule has 198 valence electrons. The second kappa shape index (κ2) is 10.2. The third-order valence-corrected chi connectivity index (χ3v) is 5.79. The predicted molar refractivity (Wildman–Crippen MR) is 117 cm³/mol. The average Bonchev–Trinajstić information content (AvgIpc) is 2.82. The van der Waals surface area contributed by atoms with Crippen LogP contribution in [0.5, 0.6) is 5.75 Å². The van der Waals surface area contributed by atoms with E-state index < -0.39 is 49.0 Å². The fourth-order valence-corrected chi connectivity index (χ4v) is 4.10. The molecule has 2 atom stereocenters. The van der Waals surface area contributed by atoms with E-state index in [1.807, 2.05) is 0 Å². The van der Waals surface area contributed by atoms with Crippen molar-refractivity contribution in [3.8, 4) is 16.9 Å². The molecule has 4 rings (SSSR count). The molecule has 1 aliphatic rings. The summed E-state index contributed by atoms with van der Waals surface area (Å²) in [6.07, 6.45) is -12.2. The zero-order valence-corrected chi connectivity index (χ0v) is 18.7. The van der Waals surface area contributed by atoms with Gasteiger partial charge in [-0.25, -0.2) is 4.39 Å². The summed E-state index contributed by atoms with van der Waals surface area (Å²) in [6, 6.07) is 12.8. The maximum absolute atomic E-state index is 14.2. The third kappa shape index (κ3) is 5.80. The number of aliphatic hydroxyl groups is 1. The van der Waals surface area contributed by atoms with Gasteiger partial charge in [-0.05, 0) is 35.4 Å². The van der Waals surface area contributed by atoms with Gasteiger partial charge in [0.2, 0.25) is 0 Å². The van der Waals surface area contributed by atoms with Crippen LogP contribution in [0.3, 0.4) is 0 Å². The predicted octanol–water partition coefficient (Wildman–Crippen LogP) is 6.64. The van der Waals surface area contributed by atoms with Crippen molar-refractivity contribution in [2.45, 2.75) is 31.0 Å². The smallest absolute Gasteiger partial charge is 0.416 e. The molecule has 0 spiro atoms. The minimum atomic E-state index is -5.00. The summed E-state index contributed by atoms with van der Waals surface area (Å²) in [6.45, 7) is -5.12. The molecule has 3 aromatic rings. The van der Waals surface area contributed by atoms with Gasteiger partial charge in [-0.2, -0.15) is 30.7 Å². The largest absolute Gasteiger partial charge is 0.488 e. The monoisotopic (exact) mass is 533 g/mol. The molecule has 1 aliphatic heterocycles. The Balaban J connectivity index is 1.79. The van der Waals surface area contributed by atoms with E-state index in [1.165, 1.54) is 36.4 Å². The number of hydrogen-bond donors (Lipinski definition) is 1. The molecule has 0 aliphatic carbocycles. The van der Waals surface area contributed by atoms with E-state index in [0.717, 1.165) is 23.1 Å². The van der Waals surface area contributed by atoms with Crippen molar-refractivity contribution in [3.05, 3.63) is 83.7 Å². The Kier molecular flexibility index (Phi) is 7.33. The second-order valence-corrected chi connectivity index (χ2v) is 8.22. The van der Waals surface area contributed by atoms with Crippen molar-refractivity contribution in [3.63, 3.8) is 0 Å². The van der Waals surface area contributed by atoms with Crippen molar-refractivity contribution in [2.24, 2.45) is 0 Å². The molecule has 3 aromatic carbocycles. The number of ether oxygens (including phenoxy) is 2. The molecule has 0 aromatic heterocycles. The first kappa shape index (κ1) is 26.7. The molecule has 4 nitrogen and oxygen atoms in total. The first-order valence-corrected chi connectivity index (χ1v) is 10.8. The van der Waals surface area contributed by atoms with Gasteiger partial charge in [-0.1, -0.05) is 42.5 Å². The van der Waals surface area contributed by atoms with Gasteiger partial charge in [0.1, 0.15) is 12.4 Å². The number of anilines is 1. The van der Waals surface area contributed by atoms with E-state index >= 15 is 0 Å². The number of nitrogens with zero attached hydrogens (tertiary/aromatic N) is 1. The van der Waals surface area contributed by atoms with Gasteiger partial charge in [0, 0.05) is 5.56 Å². The summed E-state index contributed by atoms with van der Waals surface area (Å²) in [4.78, 5) is 1.13. The summed E-state index contributed by atoms with van der Waals surface area (Å²) in [5, 5.41) is 9.85. The van der Waals surface area contributed by atoms with E-state index in [1.54, 1.807) is 12.1 Å². The Morgan fingerprint density at radius 3 is 2.35 bits per heavy atom. The van der Waals surface area contributed by atoms with Crippen LogP contribution >= 0.6 is 0 Å². The SMILES string of the molecule is OC(CN1c2cccc(-c3cccc(F)c3)c2OCC1c1cccc(C(F)(F)OC(F)F)c1)C(F)(F)F. The number of aliphatic hydroxyl groups excluding tert-OH is 1. The van der Waals surface area contributed by atoms with Crippen LogP contribution in [-0.2, 0) is 10.8 Å². The zero-order chi connectivity index (χ0) is 27.0. The van der Waals surface area contributed by atoms with Crippen molar-refractivity contribution in [2.75, 3.05) is 18.1 Å². The molecule has 1 heterocycles. The Bertz CT molecular complexity index is 1250. The normalized spacial score (nSPS) is 16.9. The molecule has 2 unspecified atom stereocenters. The summed E-state index contributed by atoms with van der Waals surface area (Å²) < 4.78 is 116. The number of β-amino-alcohol motifs (C(OH)–C–C–N with tert-alkyl or cyclic N) is 1. The number of fused-ring (bicyclic) bond motifs is 1. The van der Waals surface area contributed by atoms with Gasteiger partial charge in [0.05, 0.1) is 23.8 Å². The fraction of sp³-hybridized carbons (Fsp3) is 0.280. The maximum Gasteiger partial charge on any atom is 0.416 e. The van der Waals surface area contributed by atoms with Crippen molar-refractivity contribution in [1.82, 2.24) is 0 Å². The highest BCUT2D eigenvalue weighted by molar-refractivity contribution is 5.80. The first-order chi connectivity index (χ1) is 17.4. The summed E-state index contributed by atoms with van der Waals surface area (Å²) in [5.41, 5.74) is -0.126. The molecule has 0 saturated heterocycles. The highest BCUT2D eigenvalue weighted by atomic mass is 19.4. The number of halogens is 8. The minimum Gasteiger partial charge on any atom is -0.488 e. The lowest BCUT2D eigenvalue weighted by Crippen LogP contribution is -2.46. The lowest BCUT2D eigenvalue weighted by atomic mass is 9.97. The number of benzene rings is 3. The van der Waals surface area contributed by atoms with E-state index in [2.05, 4.69) is 4.74 Å². The number of para-hydroxylation sites is 1. The molecular weight excluding hydrogens is 514 g/mol. The quantitative estimate of drug-likeness (QED) is 0.346. The molecule has 1 N–H and O–H groups in total. The highest BCUT2D eigenvalue weighted by Gasteiger charge is 2.43. The molecule has 0 radical (unpaired) electrons. The van der Waals surface area contributed by atoms with Gasteiger partial charge in [0.15, 0.2) is 11.9 Å². The van der Waals surface area contributed by atoms with Crippen molar-refractivity contribution >= 4 is 5.69 Å². The van der Waals surface area contributed by atoms with Gasteiger partial charge >= 0.3 is 18.9 Å². The number of hydrogen-bond acceptors (Lipinski definition) is 4. The molecule has 12 heteroatoms. The maximum atomic E-state index is 14.2. The molecule has 0 saturated carbocycles. The minimum absolute atomic E-state index is 0.00576. The first-order valence-electron chi connectivity index (χ1n) is 10.8. The fourth-order valence-electron chi connectivity index (χ4n) is 4.10. The van der Waals surface area contributed by atoms with Crippen LogP contribution in [0.1, 0.15) is 17.2 Å². The van der Waals surface area contributed by atoms with Crippen LogP contribution in [-0.4, -0.2) is 37.1 Å². The van der Waals surface area contributed by atoms with E-state index in [-0.39, 0.29) is 23.6 Å². The molecular formula is C25H19F8NO3. The van der Waals surface area contributed by atoms with Gasteiger partial charge in [0.25, 0.3) is 0 Å². The Morgan fingerprint density at radius 1 is 0.973 bits per heavy atom. The standard InChI is InChI=1S/C25H19F8NO3/c26-17-7-2-4-14(11-17)18-8-3-9-19-22(18)36-13-20(34(19)12-21(35)24(29,30)31)15-5-1-6-16(10-15)25(32,33)37-23(27)28/h1-11,20-21,23,35H,12-13H2. The zero-order valence-electron chi connectivity index (χ0n) is 18.7. The van der Waals surface area contributed by atoms with Crippen LogP contribution < -0.4 is 9.64 Å². The Hall–Kier alpha value is -3.38. The van der Waals surface area contributed by atoms with Crippen LogP contribution in [0.25, 0.3) is 11.1 Å². The highest BCUT2D eigenvalue weighted by Crippen LogP contribution is 2.46. The van der Waals surface area contributed by atoms with Crippen molar-refractivity contribution in [1.29, 1.82) is 0 Å². The lowest BCUT2D eigenvalue weighted by Gasteiger charge is -2.41. The van der Waals surface area contributed by atoms with Crippen LogP contribution in [0, 0.1) is 5.82 Å². The molecule has 0 fully saturated rings. The average molecular weight is 533 g/mol. The summed E-state index contributed by atoms with van der Waals surface area (Å²) in [7, 11) is 0. The lowest BCUT2D eigenvalue weighted by molar-refractivity contribution is -0.328. The number of rotatable bonds is 7. The molecule has 0 bridgehead atoms. The van der Waals surface area contributed by atoms with Gasteiger partial charge in [-0.3, -0.25) is 4.74 Å². The van der Waals surface area contributed by atoms with Gasteiger partial charge < -0.3 is 14.7 Å². The number of alkyl halides is 7. The second-order valence-electron chi connectivity index (χ2n) is 8.22. The van der Waals surface area contributed by atoms with E-state index in [9.17, 15) is 40.2 Å². The molecule has 37 heavy (non-hydrogen) atoms. The Morgan fingerprint density at radius 2 is 1.68 bits per heavy atom. The van der Waals surface area contributed by atoms with Crippen LogP contribution in [0.2, 0.25) is 0 Å². The topological polar surface area (TPSA) is 41.9 Å². The molecule has 0 amide bonds. The van der Waals surface area contributed by atoms with E-state index in [0.29, 0.717) is 11.1 Å². The summed E-state index contributed by atoms with van der Waals surface area (Å²) >= 11 is 0. The third-order valence-electron chi connectivity index (χ3n) is 5.79. The van der Waals surface area contributed by atoms with Crippen LogP contribution in [0.15, 0.2) is 66.7 Å². The summed E-state index contributed by atoms with van der Waals surface area (Å²) in [5.74, 6) is -0.460. The van der Waals surface area contributed by atoms with Crippen LogP contribution in [0.4, 0.5) is 40.8 Å².